The summed E-state index contributed by atoms with van der Waals surface area (Å²) in [5.74, 6) is 0.242. The molecule has 0 aliphatic rings. The fraction of sp³-hybridized carbons (Fsp3) is 0.207. The Balaban J connectivity index is 1.73. The number of benzene rings is 3. The molecule has 184 valence electrons. The van der Waals surface area contributed by atoms with E-state index >= 15 is 0 Å². The van der Waals surface area contributed by atoms with E-state index in [0.717, 1.165) is 28.1 Å². The van der Waals surface area contributed by atoms with E-state index < -0.39 is 5.97 Å². The van der Waals surface area contributed by atoms with Crippen LogP contribution in [-0.2, 0) is 4.79 Å². The number of hydrogen-bond acceptors (Lipinski definition) is 5. The lowest BCUT2D eigenvalue weighted by atomic mass is 9.99. The van der Waals surface area contributed by atoms with E-state index in [0.29, 0.717) is 22.9 Å². The number of amides is 1. The number of anilines is 1. The molecule has 0 saturated heterocycles. The Kier molecular flexibility index (Phi) is 7.20. The van der Waals surface area contributed by atoms with E-state index in [-0.39, 0.29) is 11.8 Å². The molecule has 0 saturated carbocycles. The standard InChI is InChI=1S/C29H29N3O4/c1-18(2)27-26(29(36-20(4)33)32(31-27)23-16-10-19(3)11-17-23)21-12-14-22(15-13-21)30-28(34)24-8-6-7-9-25(24)35-5/h6-18H,1-5H3,(H,30,34). The Morgan fingerprint density at radius 3 is 2.22 bits per heavy atom. The number of carbonyl (C=O) groups is 2. The Morgan fingerprint density at radius 1 is 0.944 bits per heavy atom. The highest BCUT2D eigenvalue weighted by Crippen LogP contribution is 2.39. The van der Waals surface area contributed by atoms with Crippen LogP contribution in [-0.4, -0.2) is 28.8 Å². The Bertz CT molecular complexity index is 1390. The molecule has 3 aromatic carbocycles. The second-order valence-electron chi connectivity index (χ2n) is 8.79. The minimum Gasteiger partial charge on any atom is -0.496 e. The number of carbonyl (C=O) groups excluding carboxylic acids is 2. The van der Waals surface area contributed by atoms with Crippen LogP contribution in [0.1, 0.15) is 48.3 Å². The normalized spacial score (nSPS) is 10.8. The van der Waals surface area contributed by atoms with Crippen LogP contribution in [0.5, 0.6) is 11.6 Å². The second kappa shape index (κ2) is 10.5. The molecule has 0 bridgehead atoms. The molecular weight excluding hydrogens is 454 g/mol. The average Bonchev–Trinajstić information content (AvgIpc) is 3.23. The first kappa shape index (κ1) is 24.7. The number of rotatable bonds is 7. The summed E-state index contributed by atoms with van der Waals surface area (Å²) in [5, 5.41) is 7.73. The molecule has 0 spiro atoms. The van der Waals surface area contributed by atoms with Gasteiger partial charge < -0.3 is 14.8 Å². The van der Waals surface area contributed by atoms with Crippen molar-refractivity contribution in [3.05, 3.63) is 89.6 Å². The van der Waals surface area contributed by atoms with Crippen molar-refractivity contribution in [1.82, 2.24) is 9.78 Å². The summed E-state index contributed by atoms with van der Waals surface area (Å²) in [6.07, 6.45) is 0. The van der Waals surface area contributed by atoms with Gasteiger partial charge in [0.1, 0.15) is 5.75 Å². The molecule has 0 atom stereocenters. The molecule has 36 heavy (non-hydrogen) atoms. The molecular formula is C29H29N3O4. The molecule has 0 radical (unpaired) electrons. The van der Waals surface area contributed by atoms with Gasteiger partial charge >= 0.3 is 5.97 Å². The van der Waals surface area contributed by atoms with Crippen molar-refractivity contribution in [3.8, 4) is 28.4 Å². The fourth-order valence-electron chi connectivity index (χ4n) is 3.94. The van der Waals surface area contributed by atoms with Crippen LogP contribution in [0.3, 0.4) is 0 Å². The first-order chi connectivity index (χ1) is 17.3. The molecule has 4 rings (SSSR count). The smallest absolute Gasteiger partial charge is 0.309 e. The fourth-order valence-corrected chi connectivity index (χ4v) is 3.94. The van der Waals surface area contributed by atoms with Crippen molar-refractivity contribution < 1.29 is 19.1 Å². The molecule has 0 fully saturated rings. The molecule has 1 heterocycles. The number of nitrogens with zero attached hydrogens (tertiary/aromatic N) is 2. The van der Waals surface area contributed by atoms with Crippen molar-refractivity contribution in [2.24, 2.45) is 0 Å². The van der Waals surface area contributed by atoms with Crippen LogP contribution >= 0.6 is 0 Å². The van der Waals surface area contributed by atoms with Gasteiger partial charge in [0.15, 0.2) is 0 Å². The van der Waals surface area contributed by atoms with Crippen LogP contribution in [0.15, 0.2) is 72.8 Å². The van der Waals surface area contributed by atoms with Crippen LogP contribution in [0.2, 0.25) is 0 Å². The van der Waals surface area contributed by atoms with Gasteiger partial charge in [-0.3, -0.25) is 9.59 Å². The maximum Gasteiger partial charge on any atom is 0.309 e. The Morgan fingerprint density at radius 2 is 1.61 bits per heavy atom. The summed E-state index contributed by atoms with van der Waals surface area (Å²) in [5.41, 5.74) is 5.36. The molecule has 4 aromatic rings. The third-order valence-corrected chi connectivity index (χ3v) is 5.72. The monoisotopic (exact) mass is 483 g/mol. The van der Waals surface area contributed by atoms with Gasteiger partial charge in [-0.25, -0.2) is 0 Å². The summed E-state index contributed by atoms with van der Waals surface area (Å²) >= 11 is 0. The number of para-hydroxylation sites is 1. The summed E-state index contributed by atoms with van der Waals surface area (Å²) in [4.78, 5) is 24.8. The Labute approximate surface area is 210 Å². The van der Waals surface area contributed by atoms with Gasteiger partial charge in [-0.05, 0) is 54.8 Å². The first-order valence-corrected chi connectivity index (χ1v) is 11.7. The highest BCUT2D eigenvalue weighted by molar-refractivity contribution is 6.06. The summed E-state index contributed by atoms with van der Waals surface area (Å²) < 4.78 is 12.7. The molecule has 1 aromatic heterocycles. The van der Waals surface area contributed by atoms with Gasteiger partial charge in [0.25, 0.3) is 5.91 Å². The zero-order valence-corrected chi connectivity index (χ0v) is 21.0. The van der Waals surface area contributed by atoms with Crippen molar-refractivity contribution in [1.29, 1.82) is 0 Å². The molecule has 1 N–H and O–H groups in total. The average molecular weight is 484 g/mol. The van der Waals surface area contributed by atoms with Gasteiger partial charge in [0, 0.05) is 12.6 Å². The quantitative estimate of drug-likeness (QED) is 0.319. The molecule has 1 amide bonds. The number of aromatic nitrogens is 2. The van der Waals surface area contributed by atoms with Gasteiger partial charge in [-0.2, -0.15) is 9.78 Å². The lowest BCUT2D eigenvalue weighted by Crippen LogP contribution is -2.13. The zero-order chi connectivity index (χ0) is 25.8. The van der Waals surface area contributed by atoms with Crippen molar-refractivity contribution in [2.45, 2.75) is 33.6 Å². The maximum atomic E-state index is 12.8. The van der Waals surface area contributed by atoms with Crippen LogP contribution in [0.4, 0.5) is 5.69 Å². The van der Waals surface area contributed by atoms with E-state index in [1.54, 1.807) is 22.9 Å². The number of nitrogens with one attached hydrogen (secondary N) is 1. The number of hydrogen-bond donors (Lipinski definition) is 1. The third-order valence-electron chi connectivity index (χ3n) is 5.72. The van der Waals surface area contributed by atoms with E-state index in [2.05, 4.69) is 5.32 Å². The largest absolute Gasteiger partial charge is 0.496 e. The highest BCUT2D eigenvalue weighted by atomic mass is 16.5. The number of methoxy groups -OCH3 is 1. The maximum absolute atomic E-state index is 12.8. The number of ether oxygens (including phenoxy) is 2. The number of aryl methyl sites for hydroxylation is 1. The minimum atomic E-state index is -0.430. The van der Waals surface area contributed by atoms with Gasteiger partial charge in [-0.15, -0.1) is 0 Å². The predicted octanol–water partition coefficient (Wildman–Crippen LogP) is 6.16. The van der Waals surface area contributed by atoms with E-state index in [1.165, 1.54) is 14.0 Å². The van der Waals surface area contributed by atoms with E-state index in [1.807, 2.05) is 75.4 Å². The molecule has 7 nitrogen and oxygen atoms in total. The van der Waals surface area contributed by atoms with Gasteiger partial charge in [-0.1, -0.05) is 55.8 Å². The molecule has 0 aliphatic carbocycles. The third kappa shape index (κ3) is 5.15. The first-order valence-electron chi connectivity index (χ1n) is 11.7. The second-order valence-corrected chi connectivity index (χ2v) is 8.79. The molecule has 0 unspecified atom stereocenters. The van der Waals surface area contributed by atoms with Gasteiger partial charge in [0.05, 0.1) is 29.6 Å². The SMILES string of the molecule is COc1ccccc1C(=O)Nc1ccc(-c2c(C(C)C)nn(-c3ccc(C)cc3)c2OC(C)=O)cc1. The number of esters is 1. The Hall–Kier alpha value is -4.39. The minimum absolute atomic E-state index is 0.0749. The topological polar surface area (TPSA) is 82.4 Å². The van der Waals surface area contributed by atoms with E-state index in [9.17, 15) is 9.59 Å². The highest BCUT2D eigenvalue weighted by Gasteiger charge is 2.25. The summed E-state index contributed by atoms with van der Waals surface area (Å²) in [6.45, 7) is 7.48. The van der Waals surface area contributed by atoms with E-state index in [4.69, 9.17) is 14.6 Å². The molecule has 0 aliphatic heterocycles. The van der Waals surface area contributed by atoms with Crippen LogP contribution in [0.25, 0.3) is 16.8 Å². The summed E-state index contributed by atoms with van der Waals surface area (Å²) in [7, 11) is 1.53. The lowest BCUT2D eigenvalue weighted by molar-refractivity contribution is -0.132. The van der Waals surface area contributed by atoms with Crippen molar-refractivity contribution >= 4 is 17.6 Å². The lowest BCUT2D eigenvalue weighted by Gasteiger charge is -2.12. The predicted molar refractivity (Wildman–Crippen MR) is 140 cm³/mol. The van der Waals surface area contributed by atoms with Crippen LogP contribution < -0.4 is 14.8 Å². The van der Waals surface area contributed by atoms with Gasteiger partial charge in [0.2, 0.25) is 5.88 Å². The molecule has 7 heteroatoms. The van der Waals surface area contributed by atoms with Crippen molar-refractivity contribution in [2.75, 3.05) is 12.4 Å². The van der Waals surface area contributed by atoms with Crippen LogP contribution in [0, 0.1) is 6.92 Å². The summed E-state index contributed by atoms with van der Waals surface area (Å²) in [6, 6.07) is 22.3. The van der Waals surface area contributed by atoms with Crippen molar-refractivity contribution in [3.63, 3.8) is 0 Å². The zero-order valence-electron chi connectivity index (χ0n) is 21.0.